The van der Waals surface area contributed by atoms with Gasteiger partial charge in [-0.15, -0.1) is 0 Å². The fourth-order valence-corrected chi connectivity index (χ4v) is 3.47. The number of rotatable bonds is 3. The highest BCUT2D eigenvalue weighted by Gasteiger charge is 2.36. The molecule has 0 bridgehead atoms. The summed E-state index contributed by atoms with van der Waals surface area (Å²) in [6.07, 6.45) is 7.22. The number of ether oxygens (including phenoxy) is 1. The van der Waals surface area contributed by atoms with Gasteiger partial charge in [0.05, 0.1) is 17.4 Å². The summed E-state index contributed by atoms with van der Waals surface area (Å²) in [5.41, 5.74) is 13.4. The number of cyclic esters (lactones) is 1. The first-order valence-corrected chi connectivity index (χ1v) is 7.76. The van der Waals surface area contributed by atoms with Crippen LogP contribution in [0.4, 0.5) is 21.9 Å². The normalized spacial score (nSPS) is 23.3. The lowest BCUT2D eigenvalue weighted by atomic mass is 9.84. The molecule has 1 aliphatic heterocycles. The number of anilines is 3. The van der Waals surface area contributed by atoms with Crippen LogP contribution < -0.4 is 16.4 Å². The van der Waals surface area contributed by atoms with Crippen LogP contribution in [0, 0.1) is 5.92 Å². The number of nitrogens with zero attached hydrogens (tertiary/aromatic N) is 1. The summed E-state index contributed by atoms with van der Waals surface area (Å²) in [5, 5.41) is 0. The Balaban J connectivity index is 1.76. The quantitative estimate of drug-likeness (QED) is 0.837. The summed E-state index contributed by atoms with van der Waals surface area (Å²) in [4.78, 5) is 13.8. The van der Waals surface area contributed by atoms with E-state index in [1.54, 1.807) is 17.0 Å². The number of amides is 1. The molecule has 114 valence electrons. The summed E-state index contributed by atoms with van der Waals surface area (Å²) in [7, 11) is 0. The molecule has 5 heteroatoms. The zero-order chi connectivity index (χ0) is 14.8. The number of nitrogens with two attached hydrogens (primary N) is 2. The van der Waals surface area contributed by atoms with Crippen molar-refractivity contribution in [1.82, 2.24) is 0 Å². The van der Waals surface area contributed by atoms with Gasteiger partial charge in [-0.25, -0.2) is 4.79 Å². The van der Waals surface area contributed by atoms with Gasteiger partial charge in [0.1, 0.15) is 6.61 Å². The Bertz CT molecular complexity index is 526. The summed E-state index contributed by atoms with van der Waals surface area (Å²) >= 11 is 0. The smallest absolute Gasteiger partial charge is 0.414 e. The molecule has 21 heavy (non-hydrogen) atoms. The predicted octanol–water partition coefficient (Wildman–Crippen LogP) is 3.15. The van der Waals surface area contributed by atoms with Gasteiger partial charge in [-0.3, -0.25) is 4.90 Å². The third kappa shape index (κ3) is 2.91. The number of hydrogen-bond acceptors (Lipinski definition) is 4. The molecule has 1 aromatic rings. The maximum absolute atomic E-state index is 12.1. The van der Waals surface area contributed by atoms with E-state index in [0.29, 0.717) is 23.9 Å². The monoisotopic (exact) mass is 289 g/mol. The van der Waals surface area contributed by atoms with Gasteiger partial charge in [0.2, 0.25) is 0 Å². The molecule has 1 amide bonds. The van der Waals surface area contributed by atoms with Gasteiger partial charge >= 0.3 is 6.09 Å². The molecule has 1 saturated carbocycles. The second-order valence-electron chi connectivity index (χ2n) is 6.15. The maximum Gasteiger partial charge on any atom is 0.414 e. The van der Waals surface area contributed by atoms with Gasteiger partial charge in [-0.2, -0.15) is 0 Å². The molecule has 3 rings (SSSR count). The van der Waals surface area contributed by atoms with E-state index in [-0.39, 0.29) is 12.1 Å². The predicted molar refractivity (Wildman–Crippen MR) is 84.1 cm³/mol. The largest absolute Gasteiger partial charge is 0.447 e. The van der Waals surface area contributed by atoms with Crippen LogP contribution in [0.3, 0.4) is 0 Å². The Morgan fingerprint density at radius 3 is 2.62 bits per heavy atom. The van der Waals surface area contributed by atoms with Crippen molar-refractivity contribution < 1.29 is 9.53 Å². The Kier molecular flexibility index (Phi) is 3.90. The number of carbonyl (C=O) groups excluding carboxylic acids is 1. The Morgan fingerprint density at radius 2 is 1.90 bits per heavy atom. The van der Waals surface area contributed by atoms with Gasteiger partial charge in [-0.1, -0.05) is 32.1 Å². The van der Waals surface area contributed by atoms with Crippen LogP contribution >= 0.6 is 0 Å². The van der Waals surface area contributed by atoms with Gasteiger partial charge in [0.15, 0.2) is 0 Å². The summed E-state index contributed by atoms with van der Waals surface area (Å²) in [6, 6.07) is 5.46. The number of carbonyl (C=O) groups is 1. The van der Waals surface area contributed by atoms with E-state index in [1.165, 1.54) is 32.1 Å². The minimum atomic E-state index is -0.278. The minimum Gasteiger partial charge on any atom is -0.447 e. The second kappa shape index (κ2) is 5.84. The zero-order valence-corrected chi connectivity index (χ0v) is 12.3. The fourth-order valence-electron chi connectivity index (χ4n) is 3.47. The van der Waals surface area contributed by atoms with E-state index in [9.17, 15) is 4.79 Å². The summed E-state index contributed by atoms with van der Waals surface area (Å²) in [6.45, 7) is 0.472. The SMILES string of the molecule is Nc1ccc(N2C(=O)OCC2CC2CCCCC2)cc1N. The van der Waals surface area contributed by atoms with Crippen molar-refractivity contribution in [3.63, 3.8) is 0 Å². The van der Waals surface area contributed by atoms with Crippen LogP contribution in [0.25, 0.3) is 0 Å². The molecule has 1 saturated heterocycles. The molecule has 1 heterocycles. The lowest BCUT2D eigenvalue weighted by molar-refractivity contribution is 0.177. The molecule has 1 aliphatic carbocycles. The molecule has 5 nitrogen and oxygen atoms in total. The molecule has 4 N–H and O–H groups in total. The van der Waals surface area contributed by atoms with Gasteiger partial charge < -0.3 is 16.2 Å². The lowest BCUT2D eigenvalue weighted by Gasteiger charge is -2.28. The van der Waals surface area contributed by atoms with E-state index < -0.39 is 0 Å². The Morgan fingerprint density at radius 1 is 1.14 bits per heavy atom. The minimum absolute atomic E-state index is 0.114. The first-order valence-electron chi connectivity index (χ1n) is 7.76. The number of nitrogen functional groups attached to an aromatic ring is 2. The van der Waals surface area contributed by atoms with Gasteiger partial charge in [0.25, 0.3) is 0 Å². The molecule has 1 unspecified atom stereocenters. The van der Waals surface area contributed by atoms with Crippen LogP contribution in [0.2, 0.25) is 0 Å². The molecule has 0 spiro atoms. The van der Waals surface area contributed by atoms with Crippen molar-refractivity contribution in [2.24, 2.45) is 5.92 Å². The second-order valence-corrected chi connectivity index (χ2v) is 6.15. The first kappa shape index (κ1) is 14.0. The zero-order valence-electron chi connectivity index (χ0n) is 12.3. The van der Waals surface area contributed by atoms with E-state index in [0.717, 1.165) is 12.1 Å². The maximum atomic E-state index is 12.1. The molecular weight excluding hydrogens is 266 g/mol. The van der Waals surface area contributed by atoms with E-state index >= 15 is 0 Å². The van der Waals surface area contributed by atoms with Crippen LogP contribution in [0.5, 0.6) is 0 Å². The molecule has 1 atom stereocenters. The standard InChI is InChI=1S/C16H23N3O2/c17-14-7-6-12(9-15(14)18)19-13(10-21-16(19)20)8-11-4-2-1-3-5-11/h6-7,9,11,13H,1-5,8,10,17-18H2. The summed E-state index contributed by atoms with van der Waals surface area (Å²) < 4.78 is 5.26. The molecule has 0 aromatic heterocycles. The van der Waals surface area contributed by atoms with Crippen molar-refractivity contribution in [3.8, 4) is 0 Å². The average molecular weight is 289 g/mol. The Labute approximate surface area is 125 Å². The van der Waals surface area contributed by atoms with E-state index in [2.05, 4.69) is 0 Å². The topological polar surface area (TPSA) is 81.6 Å². The van der Waals surface area contributed by atoms with Crippen molar-refractivity contribution in [2.45, 2.75) is 44.6 Å². The van der Waals surface area contributed by atoms with E-state index in [4.69, 9.17) is 16.2 Å². The molecule has 0 radical (unpaired) electrons. The first-order chi connectivity index (χ1) is 10.1. The molecule has 2 fully saturated rings. The molecular formula is C16H23N3O2. The van der Waals surface area contributed by atoms with Crippen molar-refractivity contribution in [2.75, 3.05) is 23.0 Å². The Hall–Kier alpha value is -1.91. The third-order valence-corrected chi connectivity index (χ3v) is 4.64. The molecule has 2 aliphatic rings. The van der Waals surface area contributed by atoms with Crippen LogP contribution in [-0.2, 0) is 4.74 Å². The molecule has 1 aromatic carbocycles. The number of hydrogen-bond donors (Lipinski definition) is 2. The van der Waals surface area contributed by atoms with Crippen molar-refractivity contribution in [3.05, 3.63) is 18.2 Å². The van der Waals surface area contributed by atoms with Crippen molar-refractivity contribution >= 4 is 23.2 Å². The lowest BCUT2D eigenvalue weighted by Crippen LogP contribution is -2.35. The van der Waals surface area contributed by atoms with Gasteiger partial charge in [0, 0.05) is 5.69 Å². The average Bonchev–Trinajstić information content (AvgIpc) is 2.84. The highest BCUT2D eigenvalue weighted by Crippen LogP contribution is 2.34. The van der Waals surface area contributed by atoms with Crippen LogP contribution in [-0.4, -0.2) is 18.7 Å². The van der Waals surface area contributed by atoms with E-state index in [1.807, 2.05) is 6.07 Å². The fraction of sp³-hybridized carbons (Fsp3) is 0.562. The third-order valence-electron chi connectivity index (χ3n) is 4.64. The number of benzene rings is 1. The van der Waals surface area contributed by atoms with Crippen LogP contribution in [0.1, 0.15) is 38.5 Å². The highest BCUT2D eigenvalue weighted by atomic mass is 16.6. The van der Waals surface area contributed by atoms with Gasteiger partial charge in [-0.05, 0) is 30.5 Å². The summed E-state index contributed by atoms with van der Waals surface area (Å²) in [5.74, 6) is 0.701. The van der Waals surface area contributed by atoms with Crippen LogP contribution in [0.15, 0.2) is 18.2 Å². The van der Waals surface area contributed by atoms with Crippen molar-refractivity contribution in [1.29, 1.82) is 0 Å². The highest BCUT2D eigenvalue weighted by molar-refractivity contribution is 5.91.